The summed E-state index contributed by atoms with van der Waals surface area (Å²) in [6.07, 6.45) is 3.21. The third-order valence-electron chi connectivity index (χ3n) is 4.13. The van der Waals surface area contributed by atoms with E-state index in [0.717, 1.165) is 29.5 Å². The molecule has 0 aromatic carbocycles. The Morgan fingerprint density at radius 2 is 2.16 bits per heavy atom. The van der Waals surface area contributed by atoms with E-state index in [4.69, 9.17) is 11.6 Å². The fraction of sp³-hybridized carbons (Fsp3) is 0.667. The lowest BCUT2D eigenvalue weighted by molar-refractivity contribution is 0.295. The van der Waals surface area contributed by atoms with Crippen molar-refractivity contribution in [3.63, 3.8) is 0 Å². The first-order chi connectivity index (χ1) is 9.02. The van der Waals surface area contributed by atoms with Crippen molar-refractivity contribution >= 4 is 17.4 Å². The van der Waals surface area contributed by atoms with Gasteiger partial charge in [0.25, 0.3) is 0 Å². The number of pyridine rings is 1. The third-order valence-corrected chi connectivity index (χ3v) is 4.41. The molecule has 19 heavy (non-hydrogen) atoms. The smallest absolute Gasteiger partial charge is 0.147 e. The standard InChI is InChI=1S/C15H24ClN3/c1-10-5-11(2)12(3)19(9-10)15-14(16)6-13(7-17-4)8-18-15/h6,8,10-12,17H,5,7,9H2,1-4H3. The summed E-state index contributed by atoms with van der Waals surface area (Å²) in [5, 5.41) is 3.89. The predicted octanol–water partition coefficient (Wildman–Crippen LogP) is 3.33. The average Bonchev–Trinajstić information content (AvgIpc) is 2.35. The maximum atomic E-state index is 6.43. The number of aromatic nitrogens is 1. The Morgan fingerprint density at radius 3 is 2.79 bits per heavy atom. The van der Waals surface area contributed by atoms with Crippen LogP contribution >= 0.6 is 11.6 Å². The van der Waals surface area contributed by atoms with Gasteiger partial charge in [-0.15, -0.1) is 0 Å². The van der Waals surface area contributed by atoms with Crippen molar-refractivity contribution in [2.75, 3.05) is 18.5 Å². The lowest BCUT2D eigenvalue weighted by Gasteiger charge is -2.42. The number of nitrogens with one attached hydrogen (secondary N) is 1. The minimum absolute atomic E-state index is 0.497. The summed E-state index contributed by atoms with van der Waals surface area (Å²) in [4.78, 5) is 6.96. The highest BCUT2D eigenvalue weighted by Gasteiger charge is 2.30. The molecule has 2 heterocycles. The molecular formula is C15H24ClN3. The molecule has 1 aromatic rings. The quantitative estimate of drug-likeness (QED) is 0.921. The molecule has 0 spiro atoms. The van der Waals surface area contributed by atoms with Crippen molar-refractivity contribution in [1.29, 1.82) is 0 Å². The normalized spacial score (nSPS) is 27.6. The molecule has 0 aliphatic carbocycles. The molecule has 1 aliphatic heterocycles. The Kier molecular flexibility index (Phi) is 4.69. The first-order valence-corrected chi connectivity index (χ1v) is 7.46. The highest BCUT2D eigenvalue weighted by molar-refractivity contribution is 6.33. The SMILES string of the molecule is CNCc1cnc(N2CC(C)CC(C)C2C)c(Cl)c1. The van der Waals surface area contributed by atoms with Gasteiger partial charge in [0.1, 0.15) is 5.82 Å². The maximum Gasteiger partial charge on any atom is 0.147 e. The minimum atomic E-state index is 0.497. The summed E-state index contributed by atoms with van der Waals surface area (Å²) in [5.74, 6) is 2.31. The maximum absolute atomic E-state index is 6.43. The second-order valence-corrected chi connectivity index (χ2v) is 6.30. The van der Waals surface area contributed by atoms with Crippen molar-refractivity contribution in [2.24, 2.45) is 11.8 Å². The second-order valence-electron chi connectivity index (χ2n) is 5.89. The van der Waals surface area contributed by atoms with E-state index in [-0.39, 0.29) is 0 Å². The van der Waals surface area contributed by atoms with Gasteiger partial charge in [0.15, 0.2) is 0 Å². The molecule has 0 saturated carbocycles. The highest BCUT2D eigenvalue weighted by Crippen LogP contribution is 2.34. The number of rotatable bonds is 3. The number of hydrogen-bond acceptors (Lipinski definition) is 3. The summed E-state index contributed by atoms with van der Waals surface area (Å²) < 4.78 is 0. The average molecular weight is 282 g/mol. The molecule has 4 heteroatoms. The van der Waals surface area contributed by atoms with Gasteiger partial charge in [0, 0.05) is 25.3 Å². The molecule has 0 amide bonds. The highest BCUT2D eigenvalue weighted by atomic mass is 35.5. The van der Waals surface area contributed by atoms with Crippen molar-refractivity contribution in [3.8, 4) is 0 Å². The van der Waals surface area contributed by atoms with E-state index in [1.165, 1.54) is 6.42 Å². The Morgan fingerprint density at radius 1 is 1.42 bits per heavy atom. The van der Waals surface area contributed by atoms with Gasteiger partial charge in [-0.25, -0.2) is 4.98 Å². The molecule has 3 atom stereocenters. The fourth-order valence-electron chi connectivity index (χ4n) is 2.98. The molecule has 3 unspecified atom stereocenters. The molecule has 1 saturated heterocycles. The van der Waals surface area contributed by atoms with Crippen LogP contribution in [0.5, 0.6) is 0 Å². The molecule has 3 nitrogen and oxygen atoms in total. The van der Waals surface area contributed by atoms with Gasteiger partial charge in [0.2, 0.25) is 0 Å². The molecule has 1 aliphatic rings. The van der Waals surface area contributed by atoms with Gasteiger partial charge in [-0.05, 0) is 43.9 Å². The van der Waals surface area contributed by atoms with Gasteiger partial charge in [-0.3, -0.25) is 0 Å². The predicted molar refractivity (Wildman–Crippen MR) is 81.8 cm³/mol. The summed E-state index contributed by atoms with van der Waals surface area (Å²) in [7, 11) is 1.93. The van der Waals surface area contributed by atoms with Gasteiger partial charge < -0.3 is 10.2 Å². The van der Waals surface area contributed by atoms with Crippen LogP contribution in [0.2, 0.25) is 5.02 Å². The Labute approximate surface area is 121 Å². The van der Waals surface area contributed by atoms with Crippen molar-refractivity contribution in [1.82, 2.24) is 10.3 Å². The summed E-state index contributed by atoms with van der Waals surface area (Å²) in [6.45, 7) is 8.74. The lowest BCUT2D eigenvalue weighted by Crippen LogP contribution is -2.46. The van der Waals surface area contributed by atoms with Crippen LogP contribution in [0.4, 0.5) is 5.82 Å². The fourth-order valence-corrected chi connectivity index (χ4v) is 3.27. The van der Waals surface area contributed by atoms with Crippen LogP contribution in [0.25, 0.3) is 0 Å². The number of hydrogen-bond donors (Lipinski definition) is 1. The summed E-state index contributed by atoms with van der Waals surface area (Å²) in [6, 6.07) is 2.52. The number of piperidine rings is 1. The van der Waals surface area contributed by atoms with Crippen molar-refractivity contribution in [2.45, 2.75) is 39.8 Å². The largest absolute Gasteiger partial charge is 0.352 e. The van der Waals surface area contributed by atoms with Gasteiger partial charge in [-0.1, -0.05) is 25.4 Å². The molecule has 2 rings (SSSR count). The third kappa shape index (κ3) is 3.21. The van der Waals surface area contributed by atoms with E-state index >= 15 is 0 Å². The monoisotopic (exact) mass is 281 g/mol. The van der Waals surface area contributed by atoms with Crippen LogP contribution in [0.15, 0.2) is 12.3 Å². The molecule has 1 N–H and O–H groups in total. The molecule has 0 radical (unpaired) electrons. The molecule has 106 valence electrons. The topological polar surface area (TPSA) is 28.2 Å². The van der Waals surface area contributed by atoms with Gasteiger partial charge in [-0.2, -0.15) is 0 Å². The van der Waals surface area contributed by atoms with E-state index in [1.807, 2.05) is 19.3 Å². The van der Waals surface area contributed by atoms with Crippen LogP contribution in [-0.2, 0) is 6.54 Å². The van der Waals surface area contributed by atoms with Crippen molar-refractivity contribution in [3.05, 3.63) is 22.8 Å². The van der Waals surface area contributed by atoms with Gasteiger partial charge in [0.05, 0.1) is 5.02 Å². The van der Waals surface area contributed by atoms with E-state index in [2.05, 4.69) is 36.0 Å². The second kappa shape index (κ2) is 6.10. The molecule has 1 aromatic heterocycles. The summed E-state index contributed by atoms with van der Waals surface area (Å²) >= 11 is 6.43. The van der Waals surface area contributed by atoms with Crippen LogP contribution in [0, 0.1) is 11.8 Å². The van der Waals surface area contributed by atoms with Gasteiger partial charge >= 0.3 is 0 Å². The van der Waals surface area contributed by atoms with E-state index in [1.54, 1.807) is 0 Å². The van der Waals surface area contributed by atoms with E-state index in [9.17, 15) is 0 Å². The molecular weight excluding hydrogens is 258 g/mol. The summed E-state index contributed by atoms with van der Waals surface area (Å²) in [5.41, 5.74) is 1.13. The Bertz CT molecular complexity index is 435. The zero-order chi connectivity index (χ0) is 14.0. The number of anilines is 1. The number of nitrogens with zero attached hydrogens (tertiary/aromatic N) is 2. The van der Waals surface area contributed by atoms with Crippen LogP contribution in [0.1, 0.15) is 32.8 Å². The van der Waals surface area contributed by atoms with Crippen LogP contribution in [-0.4, -0.2) is 24.6 Å². The number of halogens is 1. The molecule has 0 bridgehead atoms. The van der Waals surface area contributed by atoms with E-state index in [0.29, 0.717) is 17.9 Å². The van der Waals surface area contributed by atoms with Crippen LogP contribution < -0.4 is 10.2 Å². The van der Waals surface area contributed by atoms with Crippen molar-refractivity contribution < 1.29 is 0 Å². The first-order valence-electron chi connectivity index (χ1n) is 7.08. The molecule has 1 fully saturated rings. The minimum Gasteiger partial charge on any atom is -0.352 e. The van der Waals surface area contributed by atoms with E-state index < -0.39 is 0 Å². The lowest BCUT2D eigenvalue weighted by atomic mass is 9.86. The zero-order valence-electron chi connectivity index (χ0n) is 12.3. The zero-order valence-corrected chi connectivity index (χ0v) is 13.0. The van der Waals surface area contributed by atoms with Crippen LogP contribution in [0.3, 0.4) is 0 Å². The Balaban J connectivity index is 2.25. The first kappa shape index (κ1) is 14.6. The Hall–Kier alpha value is -0.800.